The number of aryl methyl sites for hydroxylation is 4. The van der Waals surface area contributed by atoms with Crippen LogP contribution in [0.4, 0.5) is 0 Å². The first-order valence-electron chi connectivity index (χ1n) is 43.4. The molecule has 117 heavy (non-hydrogen) atoms. The monoisotopic (exact) mass is 1570 g/mol. The number of nitrogens with zero attached hydrogens (tertiary/aromatic N) is 8. The molecular weight excluding hydrogens is 1470 g/mol. The zero-order chi connectivity index (χ0) is 78.5. The minimum absolute atomic E-state index is 0. The van der Waals surface area contributed by atoms with Gasteiger partial charge in [0.05, 0.1) is 23.3 Å². The van der Waals surface area contributed by atoms with Gasteiger partial charge in [0, 0.05) is 67.1 Å². The smallest absolute Gasteiger partial charge is 0.357 e. The van der Waals surface area contributed by atoms with E-state index in [9.17, 15) is 0 Å². The van der Waals surface area contributed by atoms with E-state index in [1.807, 2.05) is 0 Å². The molecule has 8 nitrogen and oxygen atoms in total. The third-order valence-corrected chi connectivity index (χ3v) is 23.9. The van der Waals surface area contributed by atoms with Crippen molar-refractivity contribution in [1.29, 1.82) is 0 Å². The van der Waals surface area contributed by atoms with Crippen molar-refractivity contribution in [3.05, 3.63) is 289 Å². The Hall–Kier alpha value is -11.5. The summed E-state index contributed by atoms with van der Waals surface area (Å²) in [4.78, 5) is 49.5. The molecule has 0 unspecified atom stereocenters. The first-order chi connectivity index (χ1) is 57.5. The summed E-state index contributed by atoms with van der Waals surface area (Å²) in [5.41, 5.74) is 27.5. The van der Waals surface area contributed by atoms with E-state index < -0.39 is 0 Å². The largest absolute Gasteiger partial charge is 2.00 e. The number of rotatable bonds is 32. The van der Waals surface area contributed by atoms with E-state index in [0.717, 1.165) is 210 Å². The molecule has 9 heteroatoms. The predicted octanol–water partition coefficient (Wildman–Crippen LogP) is 29.5. The normalized spacial score (nSPS) is 11.7. The summed E-state index contributed by atoms with van der Waals surface area (Å²) in [6.07, 6.45) is 26.1. The zero-order valence-corrected chi connectivity index (χ0v) is 69.3. The fraction of sp³-hybridized carbons (Fsp3) is 0.259. The molecule has 2 aliphatic rings. The van der Waals surface area contributed by atoms with E-state index in [2.05, 4.69) is 295 Å². The summed E-state index contributed by atoms with van der Waals surface area (Å²) in [7, 11) is 0. The fourth-order valence-corrected chi connectivity index (χ4v) is 18.3. The second-order valence-electron chi connectivity index (χ2n) is 31.8. The Morgan fingerprint density at radius 3 is 0.513 bits per heavy atom. The molecule has 0 aliphatic carbocycles. The van der Waals surface area contributed by atoms with Crippen molar-refractivity contribution >= 4 is 44.1 Å². The van der Waals surface area contributed by atoms with Gasteiger partial charge >= 0.3 is 16.5 Å². The first kappa shape index (κ1) is 79.3. The van der Waals surface area contributed by atoms with Crippen LogP contribution >= 0.6 is 0 Å². The maximum Gasteiger partial charge on any atom is 2.00 e. The molecule has 17 rings (SSSR count). The molecule has 0 spiro atoms. The topological polar surface area (TPSA) is 106 Å². The molecule has 12 aromatic carbocycles. The third kappa shape index (κ3) is 16.4. The number of fused-ring (bicyclic) bond motifs is 20. The molecule has 5 heterocycles. The maximum atomic E-state index is 6.26. The van der Waals surface area contributed by atoms with Crippen LogP contribution in [0.1, 0.15) is 178 Å². The van der Waals surface area contributed by atoms with E-state index in [-0.39, 0.29) is 16.5 Å². The van der Waals surface area contributed by atoms with Crippen LogP contribution in [0, 0.1) is 0 Å². The van der Waals surface area contributed by atoms with Gasteiger partial charge in [0.15, 0.2) is 0 Å². The molecule has 586 valence electrons. The second-order valence-corrected chi connectivity index (χ2v) is 31.8. The Kier molecular flexibility index (Phi) is 25.5. The maximum absolute atomic E-state index is 6.26. The Balaban J connectivity index is 0.0000102. The molecule has 0 amide bonds. The van der Waals surface area contributed by atoms with E-state index >= 15 is 0 Å². The van der Waals surface area contributed by atoms with Crippen LogP contribution in [0.5, 0.6) is 0 Å². The molecule has 15 aromatic rings. The molecule has 2 aliphatic heterocycles. The molecular formula is C108H104N8Ni. The summed E-state index contributed by atoms with van der Waals surface area (Å²) in [5.74, 6) is 2.14. The van der Waals surface area contributed by atoms with Crippen molar-refractivity contribution < 1.29 is 16.5 Å². The molecule has 0 saturated carbocycles. The van der Waals surface area contributed by atoms with Gasteiger partial charge in [-0.15, -0.1) is 0 Å². The quantitative estimate of drug-likeness (QED) is 0.0303. The fourth-order valence-electron chi connectivity index (χ4n) is 18.3. The summed E-state index contributed by atoms with van der Waals surface area (Å²) in [6.45, 7) is 9.20. The average molecular weight is 1570 g/mol. The van der Waals surface area contributed by atoms with Crippen molar-refractivity contribution in [2.75, 3.05) is 0 Å². The van der Waals surface area contributed by atoms with Crippen LogP contribution in [0.3, 0.4) is 0 Å². The Morgan fingerprint density at radius 1 is 0.179 bits per heavy atom. The van der Waals surface area contributed by atoms with Crippen molar-refractivity contribution in [3.8, 4) is 135 Å². The molecule has 0 saturated heterocycles. The Labute approximate surface area is 701 Å². The van der Waals surface area contributed by atoms with E-state index in [0.29, 0.717) is 45.9 Å². The predicted molar refractivity (Wildman–Crippen MR) is 487 cm³/mol. The van der Waals surface area contributed by atoms with Crippen LogP contribution in [-0.2, 0) is 42.2 Å². The number of unbranched alkanes of at least 4 members (excludes halogenated alkanes) is 16. The van der Waals surface area contributed by atoms with Gasteiger partial charge in [-0.3, -0.25) is 0 Å². The minimum Gasteiger partial charge on any atom is -0.357 e. The van der Waals surface area contributed by atoms with Gasteiger partial charge in [0.25, 0.3) is 0 Å². The third-order valence-electron chi connectivity index (χ3n) is 23.9. The molecule has 3 aromatic heterocycles. The van der Waals surface area contributed by atoms with Gasteiger partial charge in [-0.1, -0.05) is 397 Å². The average Bonchev–Trinajstić information content (AvgIpc) is 1.66. The molecule has 0 atom stereocenters. The SMILES string of the molecule is CCCCCCCc1ccc(CCCCCCC)c2c3nc4nc(nc5[n-]c(nc6nc(nc([n-]3)c12)-c1c(-c2ccccc2)c(-c2ccccc2)c(-c2ccccc2)c(-c2ccccc2)c1-6)c1c(CCCCCCC)ccc(CCCCCCC)c51)-c1c(-c2ccccc2)c(-c2ccccc2)c(-c2ccccc2)c(-c2ccccc2)c1-4.[Ni+2]. The zero-order valence-electron chi connectivity index (χ0n) is 68.3. The first-order valence-corrected chi connectivity index (χ1v) is 43.4. The van der Waals surface area contributed by atoms with Crippen LogP contribution < -0.4 is 9.97 Å². The van der Waals surface area contributed by atoms with Gasteiger partial charge in [0.1, 0.15) is 0 Å². The Bertz CT molecular complexity index is 5360. The van der Waals surface area contributed by atoms with Crippen LogP contribution in [0.15, 0.2) is 267 Å². The van der Waals surface area contributed by atoms with Crippen LogP contribution in [0.2, 0.25) is 0 Å². The minimum atomic E-state index is 0. The van der Waals surface area contributed by atoms with Crippen molar-refractivity contribution in [3.63, 3.8) is 0 Å². The summed E-state index contributed by atoms with van der Waals surface area (Å²) in [5, 5.41) is 4.06. The van der Waals surface area contributed by atoms with Crippen molar-refractivity contribution in [1.82, 2.24) is 39.9 Å². The number of aromatic nitrogens is 8. The van der Waals surface area contributed by atoms with Crippen LogP contribution in [0.25, 0.3) is 179 Å². The second kappa shape index (κ2) is 37.6. The van der Waals surface area contributed by atoms with Crippen LogP contribution in [-0.4, -0.2) is 29.9 Å². The summed E-state index contributed by atoms with van der Waals surface area (Å²) < 4.78 is 0. The van der Waals surface area contributed by atoms with Gasteiger partial charge in [-0.25, -0.2) is 9.97 Å². The van der Waals surface area contributed by atoms with E-state index in [4.69, 9.17) is 39.9 Å². The number of hydrogen-bond acceptors (Lipinski definition) is 6. The molecule has 0 fully saturated rings. The van der Waals surface area contributed by atoms with Gasteiger partial charge in [-0.2, -0.15) is 0 Å². The standard InChI is InChI=1S/C108H104N8.Ni/c1-5-9-13-17-29-65-81-69-70-82(66-30-18-14-10-6-2)94-93(81)101-109-102(94)112-106-99-91(79-61-45-27-46-62-79)87(75-53-37-23-38-54-75)88(76-55-39-24-40-56-76)92(80-63-47-28-48-64-80)100(99)108(116-106)114-104-96-84(68-32-20-16-12-8-4)72-71-83(67-31-19-15-11-7-3)95(96)103(110-104)113-107-98-90(78-59-43-26-44-60-78)86(74-51-35-22-36-52-74)85(73-49-33-21-34-50-73)89(77-57-41-25-42-58-77)97(98)105(111-101)115-107;/h21-28,33-64,69-72H,5-20,29-32,65-68H2,1-4H3;/q-2;+2. The van der Waals surface area contributed by atoms with Gasteiger partial charge < -0.3 is 29.9 Å². The number of hydrogen-bond donors (Lipinski definition) is 0. The van der Waals surface area contributed by atoms with Gasteiger partial charge in [-0.05, 0) is 162 Å². The summed E-state index contributed by atoms with van der Waals surface area (Å²) >= 11 is 0. The Morgan fingerprint density at radius 2 is 0.342 bits per heavy atom. The van der Waals surface area contributed by atoms with Crippen molar-refractivity contribution in [2.24, 2.45) is 0 Å². The summed E-state index contributed by atoms with van der Waals surface area (Å²) in [6, 6.07) is 97.5. The van der Waals surface area contributed by atoms with E-state index in [1.54, 1.807) is 0 Å². The van der Waals surface area contributed by atoms with Crippen molar-refractivity contribution in [2.45, 2.75) is 182 Å². The molecule has 0 radical (unpaired) electrons. The molecule has 0 N–H and O–H groups in total. The number of benzene rings is 12. The van der Waals surface area contributed by atoms with E-state index in [1.165, 1.54) is 99.3 Å². The van der Waals surface area contributed by atoms with Gasteiger partial charge in [0.2, 0.25) is 0 Å². The molecule has 8 bridgehead atoms.